The fraction of sp³-hybridized carbons (Fsp3) is 0.478. The molecule has 1 fully saturated rings. The maximum absolute atomic E-state index is 13.4. The van der Waals surface area contributed by atoms with E-state index in [0.717, 1.165) is 17.7 Å². The summed E-state index contributed by atoms with van der Waals surface area (Å²) in [7, 11) is -2.43. The Balaban J connectivity index is 1.87. The molecule has 0 bridgehead atoms. The number of pyridine rings is 1. The van der Waals surface area contributed by atoms with Crippen LogP contribution in [0.25, 0.3) is 0 Å². The molecular weight excluding hydrogens is 430 g/mol. The number of aromatic amines is 1. The smallest absolute Gasteiger partial charge is 0.253 e. The Morgan fingerprint density at radius 1 is 1.19 bits per heavy atom. The molecule has 0 saturated carbocycles. The Labute approximate surface area is 189 Å². The fourth-order valence-corrected chi connectivity index (χ4v) is 6.19. The highest BCUT2D eigenvalue weighted by Gasteiger charge is 2.34. The van der Waals surface area contributed by atoms with Gasteiger partial charge in [0.15, 0.2) is 0 Å². The molecule has 1 aromatic carbocycles. The number of rotatable bonds is 6. The Kier molecular flexibility index (Phi) is 7.09. The number of nitrogens with one attached hydrogen (secondary N) is 2. The van der Waals surface area contributed by atoms with Gasteiger partial charge in [-0.05, 0) is 61.9 Å². The molecule has 1 aliphatic heterocycles. The van der Waals surface area contributed by atoms with Crippen LogP contribution in [0, 0.1) is 25.7 Å². The fourth-order valence-electron chi connectivity index (χ4n) is 4.33. The van der Waals surface area contributed by atoms with Crippen LogP contribution in [0.15, 0.2) is 34.0 Å². The average Bonchev–Trinajstić information content (AvgIpc) is 2.71. The topological polar surface area (TPSA) is 109 Å². The van der Waals surface area contributed by atoms with Gasteiger partial charge in [0.1, 0.15) is 10.6 Å². The van der Waals surface area contributed by atoms with Gasteiger partial charge in [-0.3, -0.25) is 9.59 Å². The summed E-state index contributed by atoms with van der Waals surface area (Å²) in [6, 6.07) is 6.19. The summed E-state index contributed by atoms with van der Waals surface area (Å²) in [5.74, 6) is 0.228. The molecule has 2 aromatic rings. The van der Waals surface area contributed by atoms with Crippen molar-refractivity contribution in [2.45, 2.75) is 45.6 Å². The van der Waals surface area contributed by atoms with Crippen LogP contribution in [0.4, 0.5) is 0 Å². The lowest BCUT2D eigenvalue weighted by molar-refractivity contribution is 0.0950. The molecule has 1 saturated heterocycles. The minimum absolute atomic E-state index is 0.0293. The van der Waals surface area contributed by atoms with E-state index in [2.05, 4.69) is 10.3 Å². The Hall–Kier alpha value is -2.65. The maximum Gasteiger partial charge on any atom is 0.253 e. The molecule has 9 heteroatoms. The van der Waals surface area contributed by atoms with Crippen LogP contribution in [0.2, 0.25) is 0 Å². The first-order chi connectivity index (χ1) is 15.0. The highest BCUT2D eigenvalue weighted by atomic mass is 32.2. The monoisotopic (exact) mass is 461 g/mol. The summed E-state index contributed by atoms with van der Waals surface area (Å²) in [5.41, 5.74) is 1.91. The molecule has 8 nitrogen and oxygen atoms in total. The van der Waals surface area contributed by atoms with E-state index in [1.165, 1.54) is 29.6 Å². The van der Waals surface area contributed by atoms with Crippen molar-refractivity contribution in [3.8, 4) is 5.75 Å². The summed E-state index contributed by atoms with van der Waals surface area (Å²) in [6.45, 7) is 8.57. The van der Waals surface area contributed by atoms with E-state index in [1.807, 2.05) is 26.8 Å². The van der Waals surface area contributed by atoms with Gasteiger partial charge in [0.2, 0.25) is 10.0 Å². The second-order valence-electron chi connectivity index (χ2n) is 8.76. The summed E-state index contributed by atoms with van der Waals surface area (Å²) < 4.78 is 33.6. The number of H-pyrrole nitrogens is 1. The zero-order valence-corrected chi connectivity index (χ0v) is 20.0. The maximum atomic E-state index is 13.4. The number of benzene rings is 1. The van der Waals surface area contributed by atoms with Gasteiger partial charge in [-0.1, -0.05) is 13.8 Å². The van der Waals surface area contributed by atoms with Crippen molar-refractivity contribution < 1.29 is 17.9 Å². The van der Waals surface area contributed by atoms with Gasteiger partial charge in [0, 0.05) is 36.5 Å². The van der Waals surface area contributed by atoms with Gasteiger partial charge in [-0.25, -0.2) is 8.42 Å². The number of carbonyl (C=O) groups excluding carboxylic acids is 1. The number of amides is 1. The lowest BCUT2D eigenvalue weighted by Crippen LogP contribution is -2.42. The number of carbonyl (C=O) groups is 1. The van der Waals surface area contributed by atoms with Crippen LogP contribution in [-0.2, 0) is 16.6 Å². The number of hydrogen-bond acceptors (Lipinski definition) is 5. The van der Waals surface area contributed by atoms with Gasteiger partial charge in [0.05, 0.1) is 7.11 Å². The Morgan fingerprint density at radius 2 is 1.84 bits per heavy atom. The van der Waals surface area contributed by atoms with Crippen molar-refractivity contribution in [2.24, 2.45) is 11.8 Å². The second-order valence-corrected chi connectivity index (χ2v) is 10.7. The van der Waals surface area contributed by atoms with Gasteiger partial charge in [0.25, 0.3) is 11.5 Å². The molecule has 1 aliphatic rings. The molecule has 0 spiro atoms. The Bertz CT molecular complexity index is 1160. The third-order valence-corrected chi connectivity index (χ3v) is 7.65. The minimum Gasteiger partial charge on any atom is -0.495 e. The van der Waals surface area contributed by atoms with Gasteiger partial charge >= 0.3 is 0 Å². The molecule has 3 rings (SSSR count). The van der Waals surface area contributed by atoms with Crippen LogP contribution in [0.5, 0.6) is 5.75 Å². The van der Waals surface area contributed by atoms with Crippen molar-refractivity contribution in [3.63, 3.8) is 0 Å². The van der Waals surface area contributed by atoms with Crippen LogP contribution >= 0.6 is 0 Å². The summed E-state index contributed by atoms with van der Waals surface area (Å²) in [5, 5.41) is 2.72. The molecule has 174 valence electrons. The summed E-state index contributed by atoms with van der Waals surface area (Å²) in [4.78, 5) is 27.7. The van der Waals surface area contributed by atoms with E-state index < -0.39 is 15.9 Å². The SMILES string of the molecule is COc1ccc(C(=O)NCc2c(C)cc(C)[nH]c2=O)cc1S(=O)(=O)N1CC(C)CC(C)C1. The molecule has 1 aromatic heterocycles. The third kappa shape index (κ3) is 5.05. The lowest BCUT2D eigenvalue weighted by atomic mass is 9.94. The van der Waals surface area contributed by atoms with E-state index >= 15 is 0 Å². The van der Waals surface area contributed by atoms with Crippen LogP contribution in [0.3, 0.4) is 0 Å². The summed E-state index contributed by atoms with van der Waals surface area (Å²) >= 11 is 0. The lowest BCUT2D eigenvalue weighted by Gasteiger charge is -2.34. The first-order valence-corrected chi connectivity index (χ1v) is 12.1. The van der Waals surface area contributed by atoms with Crippen molar-refractivity contribution in [1.82, 2.24) is 14.6 Å². The molecular formula is C23H31N3O5S. The number of aryl methyl sites for hydroxylation is 2. The van der Waals surface area contributed by atoms with Crippen molar-refractivity contribution >= 4 is 15.9 Å². The quantitative estimate of drug-likeness (QED) is 0.687. The van der Waals surface area contributed by atoms with E-state index in [9.17, 15) is 18.0 Å². The molecule has 0 aliphatic carbocycles. The first-order valence-electron chi connectivity index (χ1n) is 10.7. The first kappa shape index (κ1) is 24.0. The molecule has 0 radical (unpaired) electrons. The number of piperidine rings is 1. The largest absolute Gasteiger partial charge is 0.495 e. The van der Waals surface area contributed by atoms with E-state index in [0.29, 0.717) is 18.7 Å². The highest BCUT2D eigenvalue weighted by molar-refractivity contribution is 7.89. The van der Waals surface area contributed by atoms with E-state index in [1.54, 1.807) is 6.92 Å². The second kappa shape index (κ2) is 9.46. The Morgan fingerprint density at radius 3 is 2.44 bits per heavy atom. The predicted octanol–water partition coefficient (Wildman–Crippen LogP) is 2.60. The zero-order valence-electron chi connectivity index (χ0n) is 19.2. The molecule has 2 atom stereocenters. The van der Waals surface area contributed by atoms with Crippen molar-refractivity contribution in [1.29, 1.82) is 0 Å². The van der Waals surface area contributed by atoms with Crippen LogP contribution in [-0.4, -0.2) is 43.8 Å². The number of hydrogen-bond donors (Lipinski definition) is 2. The zero-order chi connectivity index (χ0) is 23.6. The number of sulfonamides is 1. The van der Waals surface area contributed by atoms with Gasteiger partial charge < -0.3 is 15.0 Å². The number of nitrogens with zero attached hydrogens (tertiary/aromatic N) is 1. The molecule has 32 heavy (non-hydrogen) atoms. The molecule has 2 N–H and O–H groups in total. The van der Waals surface area contributed by atoms with Crippen molar-refractivity contribution in [2.75, 3.05) is 20.2 Å². The minimum atomic E-state index is -3.84. The summed E-state index contributed by atoms with van der Waals surface area (Å²) in [6.07, 6.45) is 0.975. The normalized spacial score (nSPS) is 19.5. The molecule has 2 heterocycles. The highest BCUT2D eigenvalue weighted by Crippen LogP contribution is 2.32. The predicted molar refractivity (Wildman–Crippen MR) is 122 cm³/mol. The number of methoxy groups -OCH3 is 1. The van der Waals surface area contributed by atoms with Crippen LogP contribution < -0.4 is 15.6 Å². The third-order valence-electron chi connectivity index (χ3n) is 5.80. The molecule has 2 unspecified atom stereocenters. The van der Waals surface area contributed by atoms with Crippen molar-refractivity contribution in [3.05, 3.63) is 57.0 Å². The van der Waals surface area contributed by atoms with Crippen LogP contribution in [0.1, 0.15) is 47.4 Å². The van der Waals surface area contributed by atoms with Gasteiger partial charge in [-0.15, -0.1) is 0 Å². The number of ether oxygens (including phenoxy) is 1. The average molecular weight is 462 g/mol. The van der Waals surface area contributed by atoms with E-state index in [4.69, 9.17) is 4.74 Å². The standard InChI is InChI=1S/C23H31N3O5S/c1-14-8-15(2)13-26(12-14)32(29,30)21-10-18(6-7-20(21)31-5)22(27)24-11-19-16(3)9-17(4)25-23(19)28/h6-7,9-10,14-15H,8,11-13H2,1-5H3,(H,24,27)(H,25,28). The molecule has 1 amide bonds. The number of aromatic nitrogens is 1. The van der Waals surface area contributed by atoms with Gasteiger partial charge in [-0.2, -0.15) is 4.31 Å². The van der Waals surface area contributed by atoms with E-state index in [-0.39, 0.29) is 40.1 Å².